The summed E-state index contributed by atoms with van der Waals surface area (Å²) in [6.07, 6.45) is 5.07. The minimum atomic E-state index is -0.265. The van der Waals surface area contributed by atoms with Gasteiger partial charge in [0.25, 0.3) is 0 Å². The molecule has 1 unspecified atom stereocenters. The maximum atomic E-state index is 9.02. The Morgan fingerprint density at radius 3 is 2.77 bits per heavy atom. The molecule has 2 N–H and O–H groups in total. The van der Waals surface area contributed by atoms with Gasteiger partial charge in [-0.3, -0.25) is 9.58 Å². The summed E-state index contributed by atoms with van der Waals surface area (Å²) in [5.74, 6) is 1.38. The Bertz CT molecular complexity index is 1460. The molecule has 0 bridgehead atoms. The molecule has 0 saturated carbocycles. The minimum Gasteiger partial charge on any atom is -0.496 e. The number of nitrogen functional groups attached to an aromatic ring is 1. The van der Waals surface area contributed by atoms with Crippen LogP contribution in [-0.4, -0.2) is 61.2 Å². The van der Waals surface area contributed by atoms with E-state index in [9.17, 15) is 0 Å². The Morgan fingerprint density at radius 1 is 1.34 bits per heavy atom. The van der Waals surface area contributed by atoms with Gasteiger partial charge in [0.1, 0.15) is 23.6 Å². The number of ether oxygens (including phenoxy) is 1. The Morgan fingerprint density at radius 2 is 2.11 bits per heavy atom. The van der Waals surface area contributed by atoms with Gasteiger partial charge in [0.2, 0.25) is 0 Å². The molecule has 4 aromatic rings. The zero-order valence-electron chi connectivity index (χ0n) is 20.0. The van der Waals surface area contributed by atoms with Crippen molar-refractivity contribution in [1.82, 2.24) is 34.4 Å². The number of nitrogens with zero attached hydrogens (tertiary/aromatic N) is 8. The smallest absolute Gasteiger partial charge is 0.164 e. The molecular weight excluding hydrogens is 466 g/mol. The average molecular weight is 492 g/mol. The van der Waals surface area contributed by atoms with Crippen molar-refractivity contribution in [2.24, 2.45) is 7.05 Å². The van der Waals surface area contributed by atoms with Crippen LogP contribution in [0.25, 0.3) is 22.3 Å². The minimum absolute atomic E-state index is 0.237. The van der Waals surface area contributed by atoms with Crippen LogP contribution in [0.3, 0.4) is 0 Å². The van der Waals surface area contributed by atoms with E-state index in [-0.39, 0.29) is 12.0 Å². The van der Waals surface area contributed by atoms with E-state index in [1.54, 1.807) is 18.0 Å². The molecule has 10 nitrogen and oxygen atoms in total. The van der Waals surface area contributed by atoms with Crippen LogP contribution in [0.1, 0.15) is 35.6 Å². The number of aryl methyl sites for hydroxylation is 1. The molecule has 35 heavy (non-hydrogen) atoms. The monoisotopic (exact) mass is 491 g/mol. The molecule has 0 aliphatic carbocycles. The predicted molar refractivity (Wildman–Crippen MR) is 133 cm³/mol. The molecule has 180 valence electrons. The van der Waals surface area contributed by atoms with Crippen molar-refractivity contribution in [3.8, 4) is 23.1 Å². The molecule has 1 aliphatic heterocycles. The van der Waals surface area contributed by atoms with Crippen LogP contribution in [0.2, 0.25) is 5.02 Å². The van der Waals surface area contributed by atoms with Gasteiger partial charge in [-0.25, -0.2) is 14.6 Å². The van der Waals surface area contributed by atoms with E-state index in [0.29, 0.717) is 34.1 Å². The first-order valence-electron chi connectivity index (χ1n) is 11.3. The predicted octanol–water partition coefficient (Wildman–Crippen LogP) is 3.31. The largest absolute Gasteiger partial charge is 0.496 e. The van der Waals surface area contributed by atoms with Gasteiger partial charge >= 0.3 is 0 Å². The summed E-state index contributed by atoms with van der Waals surface area (Å²) in [6, 6.07) is 3.89. The fourth-order valence-electron chi connectivity index (χ4n) is 4.92. The van der Waals surface area contributed by atoms with Crippen molar-refractivity contribution >= 4 is 28.5 Å². The first-order chi connectivity index (χ1) is 16.8. The Kier molecular flexibility index (Phi) is 5.83. The van der Waals surface area contributed by atoms with Gasteiger partial charge in [-0.1, -0.05) is 11.6 Å². The van der Waals surface area contributed by atoms with E-state index in [4.69, 9.17) is 32.4 Å². The molecule has 0 radical (unpaired) electrons. The summed E-state index contributed by atoms with van der Waals surface area (Å²) in [4.78, 5) is 10.8. The van der Waals surface area contributed by atoms with Crippen LogP contribution in [0.4, 0.5) is 5.82 Å². The van der Waals surface area contributed by atoms with Crippen molar-refractivity contribution in [2.45, 2.75) is 25.8 Å². The highest BCUT2D eigenvalue weighted by atomic mass is 35.5. The van der Waals surface area contributed by atoms with Crippen LogP contribution in [0, 0.1) is 18.3 Å². The number of nitriles is 1. The highest BCUT2D eigenvalue weighted by Crippen LogP contribution is 2.44. The summed E-state index contributed by atoms with van der Waals surface area (Å²) in [6.45, 7) is 6.05. The number of anilines is 1. The van der Waals surface area contributed by atoms with Crippen molar-refractivity contribution in [1.29, 1.82) is 5.26 Å². The number of fused-ring (bicyclic) bond motifs is 1. The number of hydrogen-bond acceptors (Lipinski definition) is 8. The standard InChI is InChI=1S/C24H26ClN9O/c1-13-18(25)7-17(22(35-4)19(13)16-10-33(11-16)6-5-26)14(2)34-24-20(23(27)28-12-29-24)21(31-34)15-8-30-32(3)9-15/h7-9,12,14,16H,6,10-11H2,1-4H3,(H2,27,28,29). The van der Waals surface area contributed by atoms with Crippen LogP contribution in [0.15, 0.2) is 24.8 Å². The molecule has 1 aliphatic rings. The van der Waals surface area contributed by atoms with E-state index in [0.717, 1.165) is 41.1 Å². The molecule has 11 heteroatoms. The lowest BCUT2D eigenvalue weighted by molar-refractivity contribution is 0.166. The molecule has 5 rings (SSSR count). The summed E-state index contributed by atoms with van der Waals surface area (Å²) in [7, 11) is 3.53. The van der Waals surface area contributed by atoms with Crippen LogP contribution < -0.4 is 10.5 Å². The lowest BCUT2D eigenvalue weighted by atomic mass is 9.85. The Balaban J connectivity index is 1.65. The summed E-state index contributed by atoms with van der Waals surface area (Å²) in [5.41, 5.74) is 11.4. The number of benzene rings is 1. The zero-order chi connectivity index (χ0) is 24.9. The summed E-state index contributed by atoms with van der Waals surface area (Å²) in [5, 5.41) is 19.6. The SMILES string of the molecule is COc1c(C(C)n2nc(-c3cnn(C)c3)c3c(N)ncnc32)cc(Cl)c(C)c1C1CN(CC#N)C1. The van der Waals surface area contributed by atoms with Crippen LogP contribution in [-0.2, 0) is 7.05 Å². The van der Waals surface area contributed by atoms with Crippen molar-refractivity contribution in [2.75, 3.05) is 32.5 Å². The zero-order valence-corrected chi connectivity index (χ0v) is 20.8. The first-order valence-corrected chi connectivity index (χ1v) is 11.7. The fraction of sp³-hybridized carbons (Fsp3) is 0.375. The molecule has 4 heterocycles. The van der Waals surface area contributed by atoms with Crippen molar-refractivity contribution in [3.05, 3.63) is 46.5 Å². The van der Waals surface area contributed by atoms with Crippen LogP contribution >= 0.6 is 11.6 Å². The summed E-state index contributed by atoms with van der Waals surface area (Å²) < 4.78 is 9.54. The van der Waals surface area contributed by atoms with Gasteiger partial charge in [-0.2, -0.15) is 15.5 Å². The number of hydrogen-bond donors (Lipinski definition) is 1. The number of likely N-dealkylation sites (tertiary alicyclic amines) is 1. The molecule has 1 saturated heterocycles. The number of rotatable bonds is 6. The normalized spacial score (nSPS) is 15.2. The van der Waals surface area contributed by atoms with E-state index in [1.807, 2.05) is 37.8 Å². The lowest BCUT2D eigenvalue weighted by Crippen LogP contribution is -2.45. The Hall–Kier alpha value is -3.68. The van der Waals surface area contributed by atoms with Gasteiger partial charge in [-0.05, 0) is 25.5 Å². The molecule has 3 aromatic heterocycles. The second-order valence-corrected chi connectivity index (χ2v) is 9.31. The number of methoxy groups -OCH3 is 1. The van der Waals surface area contributed by atoms with E-state index < -0.39 is 0 Å². The molecule has 1 fully saturated rings. The third kappa shape index (κ3) is 3.77. The lowest BCUT2D eigenvalue weighted by Gasteiger charge is -2.40. The highest BCUT2D eigenvalue weighted by molar-refractivity contribution is 6.31. The number of halogens is 1. The van der Waals surface area contributed by atoms with E-state index in [2.05, 4.69) is 26.0 Å². The summed E-state index contributed by atoms with van der Waals surface area (Å²) >= 11 is 6.74. The van der Waals surface area contributed by atoms with Crippen molar-refractivity contribution in [3.63, 3.8) is 0 Å². The van der Waals surface area contributed by atoms with E-state index >= 15 is 0 Å². The molecular formula is C24H26ClN9O. The maximum Gasteiger partial charge on any atom is 0.164 e. The quantitative estimate of drug-likeness (QED) is 0.407. The second-order valence-electron chi connectivity index (χ2n) is 8.90. The van der Waals surface area contributed by atoms with Crippen LogP contribution in [0.5, 0.6) is 5.75 Å². The molecule has 0 spiro atoms. The maximum absolute atomic E-state index is 9.02. The topological polar surface area (TPSA) is 124 Å². The third-order valence-corrected chi connectivity index (χ3v) is 7.12. The number of aromatic nitrogens is 6. The highest BCUT2D eigenvalue weighted by Gasteiger charge is 2.34. The molecule has 0 amide bonds. The van der Waals surface area contributed by atoms with Gasteiger partial charge in [0.05, 0.1) is 37.3 Å². The van der Waals surface area contributed by atoms with E-state index in [1.165, 1.54) is 6.33 Å². The average Bonchev–Trinajstić information content (AvgIpc) is 3.42. The molecule has 1 atom stereocenters. The molecule has 1 aromatic carbocycles. The van der Waals surface area contributed by atoms with Crippen molar-refractivity contribution < 1.29 is 4.74 Å². The number of nitrogens with two attached hydrogens (primary N) is 1. The fourth-order valence-corrected chi connectivity index (χ4v) is 5.14. The van der Waals surface area contributed by atoms with Gasteiger partial charge in [-0.15, -0.1) is 0 Å². The van der Waals surface area contributed by atoms with Gasteiger partial charge in [0.15, 0.2) is 5.65 Å². The van der Waals surface area contributed by atoms with Gasteiger partial charge < -0.3 is 10.5 Å². The van der Waals surface area contributed by atoms with Gasteiger partial charge in [0, 0.05) is 54.0 Å². The Labute approximate surface area is 207 Å². The third-order valence-electron chi connectivity index (χ3n) is 6.73. The first kappa shape index (κ1) is 23.1. The second kappa shape index (κ2) is 8.83.